The number of imide groups is 1. The predicted molar refractivity (Wildman–Crippen MR) is 102 cm³/mol. The smallest absolute Gasteiger partial charge is 0.257 e. The number of aromatic nitrogens is 2. The van der Waals surface area contributed by atoms with Crippen molar-refractivity contribution in [2.75, 3.05) is 5.32 Å². The Morgan fingerprint density at radius 3 is 2.79 bits per heavy atom. The zero-order chi connectivity index (χ0) is 19.8. The summed E-state index contributed by atoms with van der Waals surface area (Å²) in [6, 6.07) is 6.69. The number of amides is 3. The molecule has 0 bridgehead atoms. The molecule has 3 heterocycles. The van der Waals surface area contributed by atoms with Crippen molar-refractivity contribution in [1.29, 1.82) is 0 Å². The quantitative estimate of drug-likeness (QED) is 0.789. The van der Waals surface area contributed by atoms with Gasteiger partial charge in [0.1, 0.15) is 17.7 Å². The van der Waals surface area contributed by atoms with E-state index in [1.54, 1.807) is 12.3 Å². The molecule has 1 unspecified atom stereocenters. The summed E-state index contributed by atoms with van der Waals surface area (Å²) in [5.41, 5.74) is 2.03. The van der Waals surface area contributed by atoms with Gasteiger partial charge >= 0.3 is 0 Å². The molecule has 28 heavy (non-hydrogen) atoms. The van der Waals surface area contributed by atoms with E-state index in [0.29, 0.717) is 35.9 Å². The van der Waals surface area contributed by atoms with E-state index in [2.05, 4.69) is 20.6 Å². The molecule has 0 spiro atoms. The lowest BCUT2D eigenvalue weighted by molar-refractivity contribution is -0.136. The summed E-state index contributed by atoms with van der Waals surface area (Å²) in [5.74, 6) is 0.592. The molecule has 2 N–H and O–H groups in total. The molecule has 2 aliphatic heterocycles. The summed E-state index contributed by atoms with van der Waals surface area (Å²) < 4.78 is 0. The fourth-order valence-corrected chi connectivity index (χ4v) is 3.58. The molecule has 4 rings (SSSR count). The Bertz CT molecular complexity index is 972. The van der Waals surface area contributed by atoms with Gasteiger partial charge in [-0.1, -0.05) is 26.0 Å². The highest BCUT2D eigenvalue weighted by molar-refractivity contribution is 6.08. The lowest BCUT2D eigenvalue weighted by atomic mass is 10.0. The fraction of sp³-hybridized carbons (Fsp3) is 0.350. The molecule has 2 aromatic rings. The number of nitrogens with zero attached hydrogens (tertiary/aromatic N) is 3. The number of benzene rings is 1. The Hall–Kier alpha value is -3.29. The van der Waals surface area contributed by atoms with Gasteiger partial charge in [-0.05, 0) is 24.1 Å². The highest BCUT2D eigenvalue weighted by Gasteiger charge is 2.40. The summed E-state index contributed by atoms with van der Waals surface area (Å²) in [6.07, 6.45) is 2.27. The first-order valence-corrected chi connectivity index (χ1v) is 9.30. The SMILES string of the molecule is CC(C)c1nccc(Nc2cccc3c2C(=O)N(C2CCC(=O)NC2=O)C3)n1. The average molecular weight is 379 g/mol. The second kappa shape index (κ2) is 7.03. The monoisotopic (exact) mass is 379 g/mol. The number of anilines is 2. The number of hydrogen-bond donors (Lipinski definition) is 2. The van der Waals surface area contributed by atoms with E-state index >= 15 is 0 Å². The van der Waals surface area contributed by atoms with Crippen molar-refractivity contribution in [2.24, 2.45) is 0 Å². The van der Waals surface area contributed by atoms with Gasteiger partial charge in [0.15, 0.2) is 0 Å². The zero-order valence-electron chi connectivity index (χ0n) is 15.7. The fourth-order valence-electron chi connectivity index (χ4n) is 3.58. The molecule has 1 saturated heterocycles. The van der Waals surface area contributed by atoms with Crippen LogP contribution >= 0.6 is 0 Å². The predicted octanol–water partition coefficient (Wildman–Crippen LogP) is 2.10. The third-order valence-corrected chi connectivity index (χ3v) is 5.01. The summed E-state index contributed by atoms with van der Waals surface area (Å²) in [4.78, 5) is 47.0. The largest absolute Gasteiger partial charge is 0.339 e. The van der Waals surface area contributed by atoms with Gasteiger partial charge < -0.3 is 10.2 Å². The van der Waals surface area contributed by atoms with Crippen LogP contribution in [0.3, 0.4) is 0 Å². The maximum atomic E-state index is 13.1. The Morgan fingerprint density at radius 2 is 2.04 bits per heavy atom. The van der Waals surface area contributed by atoms with E-state index in [0.717, 1.165) is 5.56 Å². The lowest BCUT2D eigenvalue weighted by Crippen LogP contribution is -2.52. The number of fused-ring (bicyclic) bond motifs is 1. The first-order valence-electron chi connectivity index (χ1n) is 9.30. The van der Waals surface area contributed by atoms with Crippen LogP contribution < -0.4 is 10.6 Å². The average Bonchev–Trinajstić information content (AvgIpc) is 2.99. The summed E-state index contributed by atoms with van der Waals surface area (Å²) >= 11 is 0. The Kier molecular flexibility index (Phi) is 4.54. The first kappa shape index (κ1) is 18.1. The van der Waals surface area contributed by atoms with Crippen LogP contribution in [0.15, 0.2) is 30.5 Å². The molecule has 0 aliphatic carbocycles. The van der Waals surface area contributed by atoms with Crippen molar-refractivity contribution in [1.82, 2.24) is 20.2 Å². The van der Waals surface area contributed by atoms with Crippen LogP contribution in [-0.4, -0.2) is 38.6 Å². The van der Waals surface area contributed by atoms with Crippen LogP contribution in [0.1, 0.15) is 54.4 Å². The van der Waals surface area contributed by atoms with E-state index in [4.69, 9.17) is 0 Å². The van der Waals surface area contributed by atoms with Gasteiger partial charge in [0.2, 0.25) is 11.8 Å². The number of nitrogens with one attached hydrogen (secondary N) is 2. The van der Waals surface area contributed by atoms with E-state index in [-0.39, 0.29) is 24.2 Å². The van der Waals surface area contributed by atoms with E-state index in [1.165, 1.54) is 4.90 Å². The van der Waals surface area contributed by atoms with Gasteiger partial charge in [-0.2, -0.15) is 0 Å². The number of piperidine rings is 1. The maximum absolute atomic E-state index is 13.1. The highest BCUT2D eigenvalue weighted by atomic mass is 16.2. The number of carbonyl (C=O) groups is 3. The first-order chi connectivity index (χ1) is 13.4. The molecule has 1 aromatic carbocycles. The second-order valence-corrected chi connectivity index (χ2v) is 7.32. The number of carbonyl (C=O) groups excluding carboxylic acids is 3. The van der Waals surface area contributed by atoms with Crippen molar-refractivity contribution in [2.45, 2.75) is 45.2 Å². The summed E-state index contributed by atoms with van der Waals surface area (Å²) in [5, 5.41) is 5.54. The Labute approximate surface area is 162 Å². The maximum Gasteiger partial charge on any atom is 0.257 e. The van der Waals surface area contributed by atoms with Gasteiger partial charge in [-0.15, -0.1) is 0 Å². The molecule has 2 aliphatic rings. The van der Waals surface area contributed by atoms with Crippen LogP contribution in [0.5, 0.6) is 0 Å². The molecule has 1 fully saturated rings. The van der Waals surface area contributed by atoms with Crippen LogP contribution in [0.4, 0.5) is 11.5 Å². The van der Waals surface area contributed by atoms with Crippen molar-refractivity contribution >= 4 is 29.2 Å². The van der Waals surface area contributed by atoms with Crippen molar-refractivity contribution < 1.29 is 14.4 Å². The minimum Gasteiger partial charge on any atom is -0.339 e. The number of hydrogen-bond acceptors (Lipinski definition) is 6. The molecular weight excluding hydrogens is 358 g/mol. The van der Waals surface area contributed by atoms with Crippen molar-refractivity contribution in [3.63, 3.8) is 0 Å². The Balaban J connectivity index is 1.61. The Morgan fingerprint density at radius 1 is 1.21 bits per heavy atom. The van der Waals surface area contributed by atoms with Gasteiger partial charge in [-0.3, -0.25) is 19.7 Å². The van der Waals surface area contributed by atoms with E-state index in [9.17, 15) is 14.4 Å². The molecular formula is C20H21N5O3. The zero-order valence-corrected chi connectivity index (χ0v) is 15.7. The summed E-state index contributed by atoms with van der Waals surface area (Å²) in [6.45, 7) is 4.37. The van der Waals surface area contributed by atoms with Crippen molar-refractivity contribution in [3.8, 4) is 0 Å². The third kappa shape index (κ3) is 3.21. The standard InChI is InChI=1S/C20H21N5O3/c1-11(2)18-21-9-8-15(23-18)22-13-5-3-4-12-10-25(20(28)17(12)13)14-6-7-16(26)24-19(14)27/h3-5,8-9,11,14H,6-7,10H2,1-2H3,(H,21,22,23)(H,24,26,27). The van der Waals surface area contributed by atoms with Crippen LogP contribution in [-0.2, 0) is 16.1 Å². The number of rotatable bonds is 4. The molecule has 1 aromatic heterocycles. The van der Waals surface area contributed by atoms with Crippen LogP contribution in [0.2, 0.25) is 0 Å². The van der Waals surface area contributed by atoms with Gasteiger partial charge in [0, 0.05) is 25.1 Å². The third-order valence-electron chi connectivity index (χ3n) is 5.01. The van der Waals surface area contributed by atoms with E-state index in [1.807, 2.05) is 32.0 Å². The van der Waals surface area contributed by atoms with Crippen LogP contribution in [0, 0.1) is 0 Å². The molecule has 0 saturated carbocycles. The molecule has 144 valence electrons. The molecule has 8 nitrogen and oxygen atoms in total. The normalized spacial score (nSPS) is 19.0. The lowest BCUT2D eigenvalue weighted by Gasteiger charge is -2.29. The summed E-state index contributed by atoms with van der Waals surface area (Å²) in [7, 11) is 0. The van der Waals surface area contributed by atoms with Gasteiger partial charge in [0.05, 0.1) is 11.3 Å². The molecule has 3 amide bonds. The topological polar surface area (TPSA) is 104 Å². The van der Waals surface area contributed by atoms with Crippen molar-refractivity contribution in [3.05, 3.63) is 47.4 Å². The molecule has 8 heteroatoms. The molecule has 0 radical (unpaired) electrons. The van der Waals surface area contributed by atoms with E-state index < -0.39 is 11.9 Å². The highest BCUT2D eigenvalue weighted by Crippen LogP contribution is 2.33. The minimum absolute atomic E-state index is 0.188. The molecule has 1 atom stereocenters. The second-order valence-electron chi connectivity index (χ2n) is 7.32. The van der Waals surface area contributed by atoms with Crippen LogP contribution in [0.25, 0.3) is 0 Å². The van der Waals surface area contributed by atoms with Gasteiger partial charge in [-0.25, -0.2) is 9.97 Å². The van der Waals surface area contributed by atoms with Gasteiger partial charge in [0.25, 0.3) is 5.91 Å². The minimum atomic E-state index is -0.628.